The Balaban J connectivity index is 1.80. The largest absolute Gasteiger partial charge is 0.462 e. The van der Waals surface area contributed by atoms with E-state index in [1.54, 1.807) is 19.1 Å². The van der Waals surface area contributed by atoms with Gasteiger partial charge in [0.25, 0.3) is 5.91 Å². The maximum Gasteiger partial charge on any atom is 0.340 e. The van der Waals surface area contributed by atoms with E-state index >= 15 is 0 Å². The Bertz CT molecular complexity index is 894. The normalized spacial score (nSPS) is 10.1. The van der Waals surface area contributed by atoms with Crippen molar-refractivity contribution in [3.63, 3.8) is 0 Å². The number of para-hydroxylation sites is 1. The summed E-state index contributed by atoms with van der Waals surface area (Å²) in [6, 6.07) is 11.3. The van der Waals surface area contributed by atoms with Crippen LogP contribution in [-0.2, 0) is 19.1 Å². The highest BCUT2D eigenvalue weighted by atomic mass is 19.1. The first kappa shape index (κ1) is 21.7. The van der Waals surface area contributed by atoms with Crippen LogP contribution in [0, 0.1) is 5.82 Å². The Kier molecular flexibility index (Phi) is 8.02. The molecule has 29 heavy (non-hydrogen) atoms. The van der Waals surface area contributed by atoms with Gasteiger partial charge in [0, 0.05) is 12.0 Å². The second kappa shape index (κ2) is 10.7. The van der Waals surface area contributed by atoms with Gasteiger partial charge in [-0.25, -0.2) is 9.18 Å². The van der Waals surface area contributed by atoms with Gasteiger partial charge in [0.05, 0.1) is 24.3 Å². The first-order valence-corrected chi connectivity index (χ1v) is 8.91. The summed E-state index contributed by atoms with van der Waals surface area (Å²) in [5, 5.41) is 2.48. The van der Waals surface area contributed by atoms with Crippen LogP contribution in [0.4, 0.5) is 10.1 Å². The highest BCUT2D eigenvalue weighted by Crippen LogP contribution is 2.16. The molecule has 2 rings (SSSR count). The summed E-state index contributed by atoms with van der Waals surface area (Å²) >= 11 is 0. The predicted molar refractivity (Wildman–Crippen MR) is 102 cm³/mol. The van der Waals surface area contributed by atoms with Crippen molar-refractivity contribution in [3.8, 4) is 0 Å². The molecule has 2 aromatic carbocycles. The predicted octanol–water partition coefficient (Wildman–Crippen LogP) is 3.15. The van der Waals surface area contributed by atoms with Gasteiger partial charge in [0.2, 0.25) is 0 Å². The van der Waals surface area contributed by atoms with Crippen LogP contribution in [0.3, 0.4) is 0 Å². The van der Waals surface area contributed by atoms with E-state index in [1.165, 1.54) is 24.3 Å². The molecular weight excluding hydrogens is 381 g/mol. The number of esters is 2. The summed E-state index contributed by atoms with van der Waals surface area (Å²) in [6.45, 7) is 1.29. The van der Waals surface area contributed by atoms with Gasteiger partial charge in [-0.1, -0.05) is 12.1 Å². The first-order valence-electron chi connectivity index (χ1n) is 8.91. The maximum absolute atomic E-state index is 12.9. The molecule has 0 bridgehead atoms. The third-order valence-electron chi connectivity index (χ3n) is 3.78. The van der Waals surface area contributed by atoms with E-state index in [-0.39, 0.29) is 42.0 Å². The number of rotatable bonds is 9. The molecule has 0 spiro atoms. The molecular formula is C21H20FNO6. The van der Waals surface area contributed by atoms with E-state index in [1.807, 2.05) is 0 Å². The molecule has 7 nitrogen and oxygen atoms in total. The molecule has 0 unspecified atom stereocenters. The van der Waals surface area contributed by atoms with Gasteiger partial charge in [-0.2, -0.15) is 0 Å². The lowest BCUT2D eigenvalue weighted by Crippen LogP contribution is -2.22. The van der Waals surface area contributed by atoms with Crippen molar-refractivity contribution in [2.75, 3.05) is 18.5 Å². The molecule has 8 heteroatoms. The lowest BCUT2D eigenvalue weighted by molar-refractivity contribution is -0.147. The van der Waals surface area contributed by atoms with Crippen LogP contribution in [0.5, 0.6) is 0 Å². The van der Waals surface area contributed by atoms with Crippen LogP contribution in [0.1, 0.15) is 40.5 Å². The lowest BCUT2D eigenvalue weighted by atomic mass is 10.1. The Hall–Kier alpha value is -3.55. The van der Waals surface area contributed by atoms with E-state index in [0.29, 0.717) is 0 Å². The second-order valence-electron chi connectivity index (χ2n) is 5.90. The smallest absolute Gasteiger partial charge is 0.340 e. The monoisotopic (exact) mass is 401 g/mol. The molecule has 0 saturated heterocycles. The highest BCUT2D eigenvalue weighted by molar-refractivity contribution is 6.02. The zero-order valence-corrected chi connectivity index (χ0v) is 15.8. The number of carbonyl (C=O) groups is 4. The third-order valence-corrected chi connectivity index (χ3v) is 3.78. The fourth-order valence-electron chi connectivity index (χ4n) is 2.38. The van der Waals surface area contributed by atoms with Crippen molar-refractivity contribution in [3.05, 3.63) is 65.5 Å². The number of ether oxygens (including phenoxy) is 2. The van der Waals surface area contributed by atoms with Crippen LogP contribution in [0.15, 0.2) is 48.5 Å². The molecule has 0 atom stereocenters. The first-order chi connectivity index (χ1) is 13.9. The van der Waals surface area contributed by atoms with Gasteiger partial charge in [-0.05, 0) is 43.3 Å². The van der Waals surface area contributed by atoms with Gasteiger partial charge >= 0.3 is 11.9 Å². The lowest BCUT2D eigenvalue weighted by Gasteiger charge is -2.10. The average Bonchev–Trinajstić information content (AvgIpc) is 2.71. The van der Waals surface area contributed by atoms with Crippen LogP contribution < -0.4 is 5.32 Å². The van der Waals surface area contributed by atoms with Crippen molar-refractivity contribution >= 4 is 29.3 Å². The van der Waals surface area contributed by atoms with Gasteiger partial charge in [0.15, 0.2) is 12.4 Å². The number of amides is 1. The maximum atomic E-state index is 12.9. The van der Waals surface area contributed by atoms with E-state index in [9.17, 15) is 23.6 Å². The number of halogens is 1. The Morgan fingerprint density at radius 2 is 1.62 bits per heavy atom. The molecule has 0 radical (unpaired) electrons. The summed E-state index contributed by atoms with van der Waals surface area (Å²) < 4.78 is 22.6. The number of nitrogens with one attached hydrogen (secondary N) is 1. The zero-order chi connectivity index (χ0) is 21.2. The Labute approximate surface area is 166 Å². The molecule has 0 heterocycles. The third kappa shape index (κ3) is 6.84. The molecule has 0 saturated carbocycles. The molecule has 1 amide bonds. The molecule has 2 aromatic rings. The number of hydrogen-bond donors (Lipinski definition) is 1. The van der Waals surface area contributed by atoms with Crippen molar-refractivity contribution in [2.24, 2.45) is 0 Å². The minimum atomic E-state index is -0.728. The summed E-state index contributed by atoms with van der Waals surface area (Å²) in [5.74, 6) is -2.75. The number of Topliss-reactive ketones (excluding diaryl/α,β-unsaturated/α-hetero) is 1. The molecule has 0 aliphatic carbocycles. The minimum absolute atomic E-state index is 0.127. The highest BCUT2D eigenvalue weighted by Gasteiger charge is 2.16. The number of hydrogen-bond acceptors (Lipinski definition) is 6. The minimum Gasteiger partial charge on any atom is -0.462 e. The Morgan fingerprint density at radius 3 is 2.31 bits per heavy atom. The fourth-order valence-corrected chi connectivity index (χ4v) is 2.38. The molecule has 0 aromatic heterocycles. The Morgan fingerprint density at radius 1 is 0.931 bits per heavy atom. The summed E-state index contributed by atoms with van der Waals surface area (Å²) in [5.41, 5.74) is 0.699. The van der Waals surface area contributed by atoms with Crippen LogP contribution in [-0.4, -0.2) is 36.8 Å². The van der Waals surface area contributed by atoms with Crippen LogP contribution >= 0.6 is 0 Å². The molecule has 0 aliphatic heterocycles. The van der Waals surface area contributed by atoms with E-state index in [0.717, 1.165) is 12.1 Å². The van der Waals surface area contributed by atoms with Gasteiger partial charge < -0.3 is 14.8 Å². The quantitative estimate of drug-likeness (QED) is 0.512. The van der Waals surface area contributed by atoms with Crippen LogP contribution in [0.2, 0.25) is 0 Å². The second-order valence-corrected chi connectivity index (χ2v) is 5.90. The van der Waals surface area contributed by atoms with Gasteiger partial charge in [-0.15, -0.1) is 0 Å². The van der Waals surface area contributed by atoms with E-state index < -0.39 is 30.3 Å². The summed E-state index contributed by atoms with van der Waals surface area (Å²) in [7, 11) is 0. The molecule has 1 N–H and O–H groups in total. The zero-order valence-electron chi connectivity index (χ0n) is 15.8. The summed E-state index contributed by atoms with van der Waals surface area (Å²) in [4.78, 5) is 47.6. The summed E-state index contributed by atoms with van der Waals surface area (Å²) in [6.07, 6.45) is -0.347. The molecule has 152 valence electrons. The average molecular weight is 401 g/mol. The number of carbonyl (C=O) groups excluding carboxylic acids is 4. The van der Waals surface area contributed by atoms with Crippen molar-refractivity contribution in [1.82, 2.24) is 0 Å². The van der Waals surface area contributed by atoms with E-state index in [4.69, 9.17) is 9.47 Å². The van der Waals surface area contributed by atoms with Gasteiger partial charge in [0.1, 0.15) is 5.82 Å². The number of benzene rings is 2. The SMILES string of the molecule is CCOC(=O)c1ccccc1NC(=O)COC(=O)CCC(=O)c1ccc(F)cc1. The van der Waals surface area contributed by atoms with Crippen LogP contribution in [0.25, 0.3) is 0 Å². The van der Waals surface area contributed by atoms with Crippen molar-refractivity contribution in [1.29, 1.82) is 0 Å². The molecule has 0 fully saturated rings. The number of anilines is 1. The number of ketones is 1. The van der Waals surface area contributed by atoms with Crippen molar-refractivity contribution in [2.45, 2.75) is 19.8 Å². The van der Waals surface area contributed by atoms with Gasteiger partial charge in [-0.3, -0.25) is 14.4 Å². The fraction of sp³-hybridized carbons (Fsp3) is 0.238. The van der Waals surface area contributed by atoms with E-state index in [2.05, 4.69) is 5.32 Å². The molecule has 0 aliphatic rings. The topological polar surface area (TPSA) is 98.8 Å². The standard InChI is InChI=1S/C21H20FNO6/c1-2-28-21(27)16-5-3-4-6-17(16)23-19(25)13-29-20(26)12-11-18(24)14-7-9-15(22)10-8-14/h3-10H,2,11-13H2,1H3,(H,23,25). The van der Waals surface area contributed by atoms with Crippen molar-refractivity contribution < 1.29 is 33.0 Å².